The molecule has 2 rings (SSSR count). The minimum absolute atomic E-state index is 0.508. The first-order chi connectivity index (χ1) is 6.40. The van der Waals surface area contributed by atoms with Crippen LogP contribution in [0.15, 0.2) is 24.3 Å². The number of benzene rings is 1. The molecule has 1 aliphatic heterocycles. The smallest absolute Gasteiger partial charge is 0.0930 e. The fourth-order valence-electron chi connectivity index (χ4n) is 1.46. The molecule has 0 unspecified atom stereocenters. The second kappa shape index (κ2) is 4.13. The maximum atomic E-state index is 5.03. The van der Waals surface area contributed by atoms with Crippen LogP contribution in [0.3, 0.4) is 0 Å². The van der Waals surface area contributed by atoms with Gasteiger partial charge in [-0.05, 0) is 11.1 Å². The van der Waals surface area contributed by atoms with Crippen molar-refractivity contribution in [3.63, 3.8) is 0 Å². The SMILES string of the molecule is NOCc1cccc(C2CSC2)c1. The first kappa shape index (κ1) is 9.06. The monoisotopic (exact) mass is 195 g/mol. The Morgan fingerprint density at radius 2 is 2.31 bits per heavy atom. The Labute approximate surface area is 82.4 Å². The van der Waals surface area contributed by atoms with Gasteiger partial charge in [-0.15, -0.1) is 0 Å². The maximum Gasteiger partial charge on any atom is 0.0930 e. The van der Waals surface area contributed by atoms with Crippen LogP contribution in [0.4, 0.5) is 0 Å². The summed E-state index contributed by atoms with van der Waals surface area (Å²) in [7, 11) is 0. The second-order valence-electron chi connectivity index (χ2n) is 3.29. The van der Waals surface area contributed by atoms with E-state index in [0.717, 1.165) is 11.5 Å². The highest BCUT2D eigenvalue weighted by Gasteiger charge is 2.19. The molecule has 0 spiro atoms. The summed E-state index contributed by atoms with van der Waals surface area (Å²) in [5.74, 6) is 8.30. The molecular formula is C10H13NOS. The Kier molecular flexibility index (Phi) is 2.88. The Balaban J connectivity index is 2.11. The molecule has 2 nitrogen and oxygen atoms in total. The van der Waals surface area contributed by atoms with E-state index in [-0.39, 0.29) is 0 Å². The van der Waals surface area contributed by atoms with Crippen LogP contribution < -0.4 is 5.90 Å². The van der Waals surface area contributed by atoms with Gasteiger partial charge in [-0.3, -0.25) is 4.84 Å². The molecular weight excluding hydrogens is 182 g/mol. The normalized spacial score (nSPS) is 17.0. The lowest BCUT2D eigenvalue weighted by molar-refractivity contribution is 0.124. The Hall–Kier alpha value is -0.510. The minimum atomic E-state index is 0.508. The first-order valence-corrected chi connectivity index (χ1v) is 5.54. The first-order valence-electron chi connectivity index (χ1n) is 4.38. The van der Waals surface area contributed by atoms with Crippen molar-refractivity contribution in [2.24, 2.45) is 5.90 Å². The van der Waals surface area contributed by atoms with Gasteiger partial charge < -0.3 is 0 Å². The Morgan fingerprint density at radius 3 is 2.92 bits per heavy atom. The molecule has 1 saturated heterocycles. The van der Waals surface area contributed by atoms with Gasteiger partial charge in [0.25, 0.3) is 0 Å². The average Bonchev–Trinajstić information content (AvgIpc) is 2.02. The van der Waals surface area contributed by atoms with Gasteiger partial charge in [-0.25, -0.2) is 5.90 Å². The van der Waals surface area contributed by atoms with E-state index < -0.39 is 0 Å². The van der Waals surface area contributed by atoms with Crippen molar-refractivity contribution in [3.05, 3.63) is 35.4 Å². The molecule has 1 heterocycles. The minimum Gasteiger partial charge on any atom is -0.300 e. The van der Waals surface area contributed by atoms with Crippen LogP contribution in [0.25, 0.3) is 0 Å². The van der Waals surface area contributed by atoms with Crippen molar-refractivity contribution in [3.8, 4) is 0 Å². The summed E-state index contributed by atoms with van der Waals surface area (Å²) in [5, 5.41) is 0. The van der Waals surface area contributed by atoms with E-state index in [0.29, 0.717) is 6.61 Å². The topological polar surface area (TPSA) is 35.2 Å². The molecule has 3 heteroatoms. The lowest BCUT2D eigenvalue weighted by Gasteiger charge is -2.25. The van der Waals surface area contributed by atoms with Crippen molar-refractivity contribution < 1.29 is 4.84 Å². The fourth-order valence-corrected chi connectivity index (χ4v) is 2.32. The van der Waals surface area contributed by atoms with Crippen LogP contribution in [0.2, 0.25) is 0 Å². The van der Waals surface area contributed by atoms with Crippen LogP contribution in [0.5, 0.6) is 0 Å². The van der Waals surface area contributed by atoms with E-state index in [2.05, 4.69) is 23.0 Å². The van der Waals surface area contributed by atoms with Crippen LogP contribution >= 0.6 is 11.8 Å². The van der Waals surface area contributed by atoms with E-state index >= 15 is 0 Å². The average molecular weight is 195 g/mol. The molecule has 0 aromatic heterocycles. The lowest BCUT2D eigenvalue weighted by Crippen LogP contribution is -2.15. The number of hydrogen-bond acceptors (Lipinski definition) is 3. The molecule has 0 aliphatic carbocycles. The van der Waals surface area contributed by atoms with Gasteiger partial charge in [0, 0.05) is 17.4 Å². The van der Waals surface area contributed by atoms with Crippen molar-refractivity contribution >= 4 is 11.8 Å². The quantitative estimate of drug-likeness (QED) is 0.748. The molecule has 70 valence electrons. The number of thioether (sulfide) groups is 1. The number of rotatable bonds is 3. The zero-order valence-electron chi connectivity index (χ0n) is 7.40. The summed E-state index contributed by atoms with van der Waals surface area (Å²) in [6.07, 6.45) is 0. The van der Waals surface area contributed by atoms with Crippen molar-refractivity contribution in [2.75, 3.05) is 11.5 Å². The molecule has 1 aromatic carbocycles. The van der Waals surface area contributed by atoms with Gasteiger partial charge in [-0.1, -0.05) is 24.3 Å². The van der Waals surface area contributed by atoms with E-state index in [1.54, 1.807) is 0 Å². The Bertz CT molecular complexity index is 286. The van der Waals surface area contributed by atoms with Crippen LogP contribution in [0.1, 0.15) is 17.0 Å². The largest absolute Gasteiger partial charge is 0.300 e. The molecule has 0 saturated carbocycles. The van der Waals surface area contributed by atoms with E-state index in [1.807, 2.05) is 17.8 Å². The van der Waals surface area contributed by atoms with E-state index in [4.69, 9.17) is 5.90 Å². The third kappa shape index (κ3) is 2.05. The molecule has 1 aromatic rings. The number of nitrogens with two attached hydrogens (primary N) is 1. The third-order valence-corrected chi connectivity index (χ3v) is 3.59. The maximum absolute atomic E-state index is 5.03. The fraction of sp³-hybridized carbons (Fsp3) is 0.400. The van der Waals surface area contributed by atoms with E-state index in [1.165, 1.54) is 17.1 Å². The zero-order valence-corrected chi connectivity index (χ0v) is 8.22. The van der Waals surface area contributed by atoms with Gasteiger partial charge in [0.1, 0.15) is 0 Å². The summed E-state index contributed by atoms with van der Waals surface area (Å²) < 4.78 is 0. The molecule has 1 aliphatic rings. The van der Waals surface area contributed by atoms with Crippen molar-refractivity contribution in [1.29, 1.82) is 0 Å². The summed E-state index contributed by atoms with van der Waals surface area (Å²) in [6.45, 7) is 0.508. The van der Waals surface area contributed by atoms with Crippen molar-refractivity contribution in [1.82, 2.24) is 0 Å². The highest BCUT2D eigenvalue weighted by molar-refractivity contribution is 8.00. The summed E-state index contributed by atoms with van der Waals surface area (Å²) in [5.41, 5.74) is 2.59. The standard InChI is InChI=1S/C10H13NOS/c11-12-5-8-2-1-3-9(4-8)10-6-13-7-10/h1-4,10H,5-7,11H2. The van der Waals surface area contributed by atoms with Crippen LogP contribution in [-0.2, 0) is 11.4 Å². The molecule has 0 bridgehead atoms. The van der Waals surface area contributed by atoms with Gasteiger partial charge in [0.15, 0.2) is 0 Å². The van der Waals surface area contributed by atoms with Gasteiger partial charge in [-0.2, -0.15) is 11.8 Å². The summed E-state index contributed by atoms with van der Waals surface area (Å²) in [6, 6.07) is 8.50. The number of hydrogen-bond donors (Lipinski definition) is 1. The van der Waals surface area contributed by atoms with Crippen LogP contribution in [0, 0.1) is 0 Å². The summed E-state index contributed by atoms with van der Waals surface area (Å²) in [4.78, 5) is 4.61. The molecule has 0 amide bonds. The van der Waals surface area contributed by atoms with Gasteiger partial charge in [0.2, 0.25) is 0 Å². The lowest BCUT2D eigenvalue weighted by atomic mass is 10.0. The summed E-state index contributed by atoms with van der Waals surface area (Å²) >= 11 is 2.00. The van der Waals surface area contributed by atoms with Crippen LogP contribution in [-0.4, -0.2) is 11.5 Å². The molecule has 2 N–H and O–H groups in total. The third-order valence-electron chi connectivity index (χ3n) is 2.31. The molecule has 13 heavy (non-hydrogen) atoms. The highest BCUT2D eigenvalue weighted by Crippen LogP contribution is 2.34. The van der Waals surface area contributed by atoms with Crippen molar-refractivity contribution in [2.45, 2.75) is 12.5 Å². The molecule has 1 fully saturated rings. The second-order valence-corrected chi connectivity index (χ2v) is 4.37. The highest BCUT2D eigenvalue weighted by atomic mass is 32.2. The predicted octanol–water partition coefficient (Wildman–Crippen LogP) is 1.91. The van der Waals surface area contributed by atoms with Gasteiger partial charge in [0.05, 0.1) is 6.61 Å². The molecule has 0 atom stereocenters. The Morgan fingerprint density at radius 1 is 1.46 bits per heavy atom. The van der Waals surface area contributed by atoms with E-state index in [9.17, 15) is 0 Å². The molecule has 0 radical (unpaired) electrons. The zero-order chi connectivity index (χ0) is 9.10. The predicted molar refractivity (Wildman–Crippen MR) is 55.5 cm³/mol. The van der Waals surface area contributed by atoms with Gasteiger partial charge >= 0.3 is 0 Å².